The van der Waals surface area contributed by atoms with Gasteiger partial charge in [-0.15, -0.1) is 0 Å². The summed E-state index contributed by atoms with van der Waals surface area (Å²) in [5.74, 6) is -0.579. The second kappa shape index (κ2) is 8.08. The minimum Gasteiger partial charge on any atom is -0.480 e. The SMILES string of the molecule is Cc1cc(C)cc(C(=O)N(C)C(Cc2ccc(-c3ncc[nH]3)cc2)C(=O)O)c1. The first kappa shape index (κ1) is 19.4. The molecule has 3 aromatic rings. The molecule has 1 atom stereocenters. The van der Waals surface area contributed by atoms with Crippen molar-refractivity contribution in [2.24, 2.45) is 0 Å². The van der Waals surface area contributed by atoms with E-state index in [2.05, 4.69) is 9.97 Å². The molecule has 1 aromatic heterocycles. The quantitative estimate of drug-likeness (QED) is 0.689. The van der Waals surface area contributed by atoms with Crippen LogP contribution in [0, 0.1) is 13.8 Å². The third-order valence-electron chi connectivity index (χ3n) is 4.70. The zero-order chi connectivity index (χ0) is 20.3. The molecule has 144 valence electrons. The molecule has 0 aliphatic rings. The minimum atomic E-state index is -1.03. The zero-order valence-corrected chi connectivity index (χ0v) is 16.1. The van der Waals surface area contributed by atoms with E-state index in [0.717, 1.165) is 28.1 Å². The maximum atomic E-state index is 12.8. The van der Waals surface area contributed by atoms with Gasteiger partial charge in [0, 0.05) is 37.0 Å². The number of amides is 1. The lowest BCUT2D eigenvalue weighted by Gasteiger charge is -2.25. The summed E-state index contributed by atoms with van der Waals surface area (Å²) in [7, 11) is 1.54. The minimum absolute atomic E-state index is 0.223. The highest BCUT2D eigenvalue weighted by atomic mass is 16.4. The Kier molecular flexibility index (Phi) is 5.59. The second-order valence-electron chi connectivity index (χ2n) is 6.99. The lowest BCUT2D eigenvalue weighted by molar-refractivity contribution is -0.141. The van der Waals surface area contributed by atoms with Gasteiger partial charge in [-0.3, -0.25) is 4.79 Å². The molecular formula is C22H23N3O3. The first-order valence-corrected chi connectivity index (χ1v) is 9.02. The van der Waals surface area contributed by atoms with Gasteiger partial charge in [0.1, 0.15) is 11.9 Å². The van der Waals surface area contributed by atoms with Crippen molar-refractivity contribution in [3.05, 3.63) is 77.1 Å². The Bertz CT molecular complexity index is 959. The predicted molar refractivity (Wildman–Crippen MR) is 107 cm³/mol. The van der Waals surface area contributed by atoms with E-state index in [9.17, 15) is 14.7 Å². The lowest BCUT2D eigenvalue weighted by Crippen LogP contribution is -2.43. The molecule has 2 aromatic carbocycles. The van der Waals surface area contributed by atoms with Gasteiger partial charge < -0.3 is 15.0 Å². The number of aromatic amines is 1. The number of carbonyl (C=O) groups is 2. The molecule has 0 bridgehead atoms. The molecule has 6 nitrogen and oxygen atoms in total. The molecule has 0 radical (unpaired) electrons. The van der Waals surface area contributed by atoms with Gasteiger partial charge in [-0.05, 0) is 31.5 Å². The van der Waals surface area contributed by atoms with E-state index < -0.39 is 12.0 Å². The maximum Gasteiger partial charge on any atom is 0.326 e. The molecule has 1 unspecified atom stereocenters. The van der Waals surface area contributed by atoms with Crippen molar-refractivity contribution in [3.8, 4) is 11.4 Å². The van der Waals surface area contributed by atoms with Gasteiger partial charge in [-0.2, -0.15) is 0 Å². The normalized spacial score (nSPS) is 11.8. The number of aryl methyl sites for hydroxylation is 2. The van der Waals surface area contributed by atoms with Crippen molar-refractivity contribution in [2.75, 3.05) is 7.05 Å². The molecule has 0 aliphatic heterocycles. The van der Waals surface area contributed by atoms with Crippen LogP contribution >= 0.6 is 0 Å². The number of carboxylic acid groups (broad SMARTS) is 1. The van der Waals surface area contributed by atoms with Crippen LogP contribution in [0.2, 0.25) is 0 Å². The summed E-state index contributed by atoms with van der Waals surface area (Å²) in [6.07, 6.45) is 3.65. The smallest absolute Gasteiger partial charge is 0.326 e. The van der Waals surface area contributed by atoms with E-state index in [1.165, 1.54) is 11.9 Å². The molecular weight excluding hydrogens is 354 g/mol. The van der Waals surface area contributed by atoms with E-state index in [4.69, 9.17) is 0 Å². The van der Waals surface area contributed by atoms with Crippen LogP contribution in [-0.4, -0.2) is 44.9 Å². The molecule has 1 amide bonds. The Morgan fingerprint density at radius 3 is 2.29 bits per heavy atom. The highest BCUT2D eigenvalue weighted by Gasteiger charge is 2.27. The van der Waals surface area contributed by atoms with Crippen molar-refractivity contribution >= 4 is 11.9 Å². The van der Waals surface area contributed by atoms with Gasteiger partial charge in [0.05, 0.1) is 0 Å². The third kappa shape index (κ3) is 4.28. The van der Waals surface area contributed by atoms with Crippen LogP contribution in [0.3, 0.4) is 0 Å². The Morgan fingerprint density at radius 1 is 1.11 bits per heavy atom. The number of hydrogen-bond donors (Lipinski definition) is 2. The standard InChI is InChI=1S/C22H23N3O3/c1-14-10-15(2)12-18(11-14)21(26)25(3)19(22(27)28)13-16-4-6-17(7-5-16)20-23-8-9-24-20/h4-12,19H,13H2,1-3H3,(H,23,24)(H,27,28). The van der Waals surface area contributed by atoms with E-state index in [-0.39, 0.29) is 12.3 Å². The molecule has 0 saturated heterocycles. The van der Waals surface area contributed by atoms with Gasteiger partial charge in [0.2, 0.25) is 0 Å². The summed E-state index contributed by atoms with van der Waals surface area (Å²) >= 11 is 0. The van der Waals surface area contributed by atoms with Crippen LogP contribution in [0.25, 0.3) is 11.4 Å². The summed E-state index contributed by atoms with van der Waals surface area (Å²) in [5, 5.41) is 9.71. The summed E-state index contributed by atoms with van der Waals surface area (Å²) in [6.45, 7) is 3.83. The van der Waals surface area contributed by atoms with E-state index in [1.807, 2.05) is 44.2 Å². The van der Waals surface area contributed by atoms with Crippen LogP contribution in [0.4, 0.5) is 0 Å². The van der Waals surface area contributed by atoms with Gasteiger partial charge in [-0.1, -0.05) is 41.5 Å². The topological polar surface area (TPSA) is 86.3 Å². The number of carboxylic acids is 1. The second-order valence-corrected chi connectivity index (χ2v) is 6.99. The average Bonchev–Trinajstić information content (AvgIpc) is 3.19. The number of H-pyrrole nitrogens is 1. The number of imidazole rings is 1. The van der Waals surface area contributed by atoms with Crippen LogP contribution in [0.5, 0.6) is 0 Å². The van der Waals surface area contributed by atoms with E-state index in [1.54, 1.807) is 24.5 Å². The summed E-state index contributed by atoms with van der Waals surface area (Å²) in [4.78, 5) is 33.2. The summed E-state index contributed by atoms with van der Waals surface area (Å²) in [6, 6.07) is 12.1. The summed E-state index contributed by atoms with van der Waals surface area (Å²) < 4.78 is 0. The van der Waals surface area contributed by atoms with E-state index in [0.29, 0.717) is 5.56 Å². The third-order valence-corrected chi connectivity index (χ3v) is 4.70. The number of nitrogens with zero attached hydrogens (tertiary/aromatic N) is 2. The molecule has 0 fully saturated rings. The fraction of sp³-hybridized carbons (Fsp3) is 0.227. The molecule has 2 N–H and O–H groups in total. The zero-order valence-electron chi connectivity index (χ0n) is 16.1. The molecule has 0 spiro atoms. The lowest BCUT2D eigenvalue weighted by atomic mass is 10.0. The number of hydrogen-bond acceptors (Lipinski definition) is 3. The molecule has 6 heteroatoms. The number of benzene rings is 2. The first-order valence-electron chi connectivity index (χ1n) is 9.02. The van der Waals surface area contributed by atoms with Crippen LogP contribution < -0.4 is 0 Å². The largest absolute Gasteiger partial charge is 0.480 e. The highest BCUT2D eigenvalue weighted by Crippen LogP contribution is 2.18. The number of aliphatic carboxylic acids is 1. The molecule has 0 aliphatic carbocycles. The predicted octanol–water partition coefficient (Wildman–Crippen LogP) is 3.46. The average molecular weight is 377 g/mol. The van der Waals surface area contributed by atoms with Crippen molar-refractivity contribution in [2.45, 2.75) is 26.3 Å². The van der Waals surface area contributed by atoms with Gasteiger partial charge >= 0.3 is 5.97 Å². The Morgan fingerprint density at radius 2 is 1.75 bits per heavy atom. The Balaban J connectivity index is 1.79. The van der Waals surface area contributed by atoms with Crippen molar-refractivity contribution in [3.63, 3.8) is 0 Å². The maximum absolute atomic E-state index is 12.8. The van der Waals surface area contributed by atoms with Gasteiger partial charge in [0.15, 0.2) is 0 Å². The Hall–Kier alpha value is -3.41. The number of carbonyl (C=O) groups excluding carboxylic acids is 1. The fourth-order valence-electron chi connectivity index (χ4n) is 3.28. The van der Waals surface area contributed by atoms with Gasteiger partial charge in [-0.25, -0.2) is 9.78 Å². The number of likely N-dealkylation sites (N-methyl/N-ethyl adjacent to an activating group) is 1. The first-order chi connectivity index (χ1) is 13.3. The molecule has 0 saturated carbocycles. The number of rotatable bonds is 6. The number of aromatic nitrogens is 2. The number of nitrogens with one attached hydrogen (secondary N) is 1. The van der Waals surface area contributed by atoms with Crippen molar-refractivity contribution in [1.82, 2.24) is 14.9 Å². The highest BCUT2D eigenvalue weighted by molar-refractivity contribution is 5.96. The van der Waals surface area contributed by atoms with Crippen LogP contribution in [-0.2, 0) is 11.2 Å². The Labute approximate surface area is 163 Å². The van der Waals surface area contributed by atoms with Crippen molar-refractivity contribution in [1.29, 1.82) is 0 Å². The molecule has 28 heavy (non-hydrogen) atoms. The van der Waals surface area contributed by atoms with E-state index >= 15 is 0 Å². The fourth-order valence-corrected chi connectivity index (χ4v) is 3.28. The summed E-state index contributed by atoms with van der Waals surface area (Å²) in [5.41, 5.74) is 4.19. The van der Waals surface area contributed by atoms with Gasteiger partial charge in [0.25, 0.3) is 5.91 Å². The van der Waals surface area contributed by atoms with Crippen molar-refractivity contribution < 1.29 is 14.7 Å². The molecule has 3 rings (SSSR count). The van der Waals surface area contributed by atoms with Crippen LogP contribution in [0.15, 0.2) is 54.9 Å². The molecule has 1 heterocycles. The van der Waals surface area contributed by atoms with Crippen LogP contribution in [0.1, 0.15) is 27.0 Å². The monoisotopic (exact) mass is 377 g/mol.